The summed E-state index contributed by atoms with van der Waals surface area (Å²) >= 11 is 5.98. The van der Waals surface area contributed by atoms with Crippen LogP contribution in [0.3, 0.4) is 0 Å². The number of benzene rings is 2. The molecule has 0 aliphatic carbocycles. The minimum absolute atomic E-state index is 0.0723. The fourth-order valence-corrected chi connectivity index (χ4v) is 4.92. The number of aromatic nitrogens is 1. The van der Waals surface area contributed by atoms with E-state index in [1.54, 1.807) is 0 Å². The molecule has 1 atom stereocenters. The first-order valence-electron chi connectivity index (χ1n) is 8.04. The van der Waals surface area contributed by atoms with Crippen molar-refractivity contribution in [1.82, 2.24) is 3.97 Å². The molecule has 1 aliphatic rings. The van der Waals surface area contributed by atoms with Gasteiger partial charge in [-0.1, -0.05) is 11.6 Å². The Bertz CT molecular complexity index is 1350. The van der Waals surface area contributed by atoms with Crippen LogP contribution in [0, 0.1) is 11.6 Å². The fourth-order valence-electron chi connectivity index (χ4n) is 3.07. The third-order valence-corrected chi connectivity index (χ3v) is 6.32. The molecule has 0 spiro atoms. The van der Waals surface area contributed by atoms with Gasteiger partial charge >= 0.3 is 0 Å². The molecule has 0 fully saturated rings. The topological polar surface area (TPSA) is 101 Å². The lowest BCUT2D eigenvalue weighted by molar-refractivity contribution is -0.117. The Hall–Kier alpha value is -3.11. The second-order valence-electron chi connectivity index (χ2n) is 6.13. The van der Waals surface area contributed by atoms with E-state index in [4.69, 9.17) is 11.6 Å². The number of halogens is 3. The number of aromatic hydroxyl groups is 1. The minimum Gasteiger partial charge on any atom is -0.504 e. The molecule has 11 heteroatoms. The molecule has 0 radical (unpaired) electrons. The SMILES string of the molecule is O=C1N=CN=CC1c1cc2cc(Cl)ccc2n1S(=O)(=O)c1cc(F)cc(F)c1O. The van der Waals surface area contributed by atoms with Gasteiger partial charge in [0.25, 0.3) is 15.9 Å². The summed E-state index contributed by atoms with van der Waals surface area (Å²) in [7, 11) is -4.74. The van der Waals surface area contributed by atoms with E-state index in [1.807, 2.05) is 0 Å². The number of carbonyl (C=O) groups is 1. The first-order chi connectivity index (χ1) is 13.7. The maximum atomic E-state index is 13.8. The first-order valence-corrected chi connectivity index (χ1v) is 9.86. The number of phenolic OH excluding ortho intramolecular Hbond substituents is 1. The van der Waals surface area contributed by atoms with Crippen LogP contribution in [0.15, 0.2) is 51.3 Å². The second-order valence-corrected chi connectivity index (χ2v) is 8.33. The van der Waals surface area contributed by atoms with Crippen molar-refractivity contribution in [2.45, 2.75) is 10.8 Å². The van der Waals surface area contributed by atoms with Crippen LogP contribution in [-0.2, 0) is 14.8 Å². The lowest BCUT2D eigenvalue weighted by atomic mass is 10.1. The molecule has 0 saturated heterocycles. The van der Waals surface area contributed by atoms with Crippen molar-refractivity contribution >= 4 is 51.0 Å². The van der Waals surface area contributed by atoms with Gasteiger partial charge < -0.3 is 5.11 Å². The highest BCUT2D eigenvalue weighted by atomic mass is 35.5. The van der Waals surface area contributed by atoms with Crippen molar-refractivity contribution in [1.29, 1.82) is 0 Å². The molecule has 0 saturated carbocycles. The molecule has 1 unspecified atom stereocenters. The number of phenols is 1. The molecule has 0 bridgehead atoms. The normalized spacial score (nSPS) is 16.7. The zero-order valence-electron chi connectivity index (χ0n) is 14.3. The van der Waals surface area contributed by atoms with Gasteiger partial charge in [0.1, 0.15) is 23.0 Å². The average molecular weight is 438 g/mol. The van der Waals surface area contributed by atoms with Crippen molar-refractivity contribution in [2.75, 3.05) is 0 Å². The van der Waals surface area contributed by atoms with Crippen LogP contribution in [0.25, 0.3) is 10.9 Å². The highest BCUT2D eigenvalue weighted by Gasteiger charge is 2.33. The smallest absolute Gasteiger partial charge is 0.272 e. The van der Waals surface area contributed by atoms with E-state index in [0.29, 0.717) is 22.5 Å². The van der Waals surface area contributed by atoms with Crippen molar-refractivity contribution in [3.05, 3.63) is 58.7 Å². The Morgan fingerprint density at radius 3 is 2.62 bits per heavy atom. The Morgan fingerprint density at radius 2 is 1.90 bits per heavy atom. The van der Waals surface area contributed by atoms with Gasteiger partial charge in [-0.2, -0.15) is 0 Å². The second kappa shape index (κ2) is 6.75. The van der Waals surface area contributed by atoms with Gasteiger partial charge in [-0.15, -0.1) is 0 Å². The Morgan fingerprint density at radius 1 is 1.14 bits per heavy atom. The van der Waals surface area contributed by atoms with Crippen molar-refractivity contribution in [2.24, 2.45) is 9.98 Å². The number of carbonyl (C=O) groups excluding carboxylic acids is 1. The summed E-state index contributed by atoms with van der Waals surface area (Å²) in [5.41, 5.74) is 0.0150. The molecule has 7 nitrogen and oxygen atoms in total. The zero-order valence-corrected chi connectivity index (χ0v) is 15.8. The third-order valence-electron chi connectivity index (χ3n) is 4.33. The first kappa shape index (κ1) is 19.2. The highest BCUT2D eigenvalue weighted by molar-refractivity contribution is 7.90. The monoisotopic (exact) mass is 437 g/mol. The Labute approximate surface area is 167 Å². The molecule has 3 aromatic rings. The van der Waals surface area contributed by atoms with Crippen LogP contribution in [0.1, 0.15) is 11.6 Å². The van der Waals surface area contributed by atoms with E-state index in [9.17, 15) is 27.1 Å². The van der Waals surface area contributed by atoms with Crippen molar-refractivity contribution < 1.29 is 27.1 Å². The van der Waals surface area contributed by atoms with Gasteiger partial charge in [0.15, 0.2) is 11.6 Å². The highest BCUT2D eigenvalue weighted by Crippen LogP contribution is 2.35. The van der Waals surface area contributed by atoms with Gasteiger partial charge in [-0.3, -0.25) is 4.79 Å². The molecule has 2 aromatic carbocycles. The molecule has 1 amide bonds. The minimum atomic E-state index is -4.74. The molecule has 1 aliphatic heterocycles. The maximum absolute atomic E-state index is 13.8. The summed E-state index contributed by atoms with van der Waals surface area (Å²) in [6.45, 7) is 0. The van der Waals surface area contributed by atoms with Crippen LogP contribution < -0.4 is 0 Å². The third kappa shape index (κ3) is 3.10. The van der Waals surface area contributed by atoms with E-state index >= 15 is 0 Å². The summed E-state index contributed by atoms with van der Waals surface area (Å²) < 4.78 is 54.9. The molecule has 2 heterocycles. The lowest BCUT2D eigenvalue weighted by Gasteiger charge is -2.17. The van der Waals surface area contributed by atoms with E-state index in [2.05, 4.69) is 9.98 Å². The van der Waals surface area contributed by atoms with Gasteiger partial charge in [-0.25, -0.2) is 31.2 Å². The maximum Gasteiger partial charge on any atom is 0.272 e. The van der Waals surface area contributed by atoms with Crippen molar-refractivity contribution in [3.63, 3.8) is 0 Å². The quantitative estimate of drug-likeness (QED) is 0.679. The van der Waals surface area contributed by atoms with Crippen LogP contribution in [0.4, 0.5) is 8.78 Å². The molecule has 1 aromatic heterocycles. The Kier molecular flexibility index (Phi) is 4.47. The van der Waals surface area contributed by atoms with E-state index in [1.165, 1.54) is 30.5 Å². The van der Waals surface area contributed by atoms with Crippen molar-refractivity contribution in [3.8, 4) is 5.75 Å². The average Bonchev–Trinajstić information content (AvgIpc) is 3.03. The molecule has 1 N–H and O–H groups in total. The number of hydrogen-bond acceptors (Lipinski definition) is 5. The van der Waals surface area contributed by atoms with Crippen LogP contribution in [-0.4, -0.2) is 36.0 Å². The van der Waals surface area contributed by atoms with E-state index in [-0.39, 0.29) is 11.2 Å². The molecule has 4 rings (SSSR count). The molecular weight excluding hydrogens is 428 g/mol. The predicted molar refractivity (Wildman–Crippen MR) is 102 cm³/mol. The number of aliphatic imine (C=N–C) groups is 2. The molecule has 148 valence electrons. The number of fused-ring (bicyclic) bond motifs is 1. The van der Waals surface area contributed by atoms with Crippen LogP contribution >= 0.6 is 11.6 Å². The van der Waals surface area contributed by atoms with Gasteiger partial charge in [-0.05, 0) is 30.3 Å². The summed E-state index contributed by atoms with van der Waals surface area (Å²) in [4.78, 5) is 18.6. The summed E-state index contributed by atoms with van der Waals surface area (Å²) in [5.74, 6) is -5.72. The van der Waals surface area contributed by atoms with Gasteiger partial charge in [0.05, 0.1) is 11.2 Å². The largest absolute Gasteiger partial charge is 0.504 e. The summed E-state index contributed by atoms with van der Waals surface area (Å²) in [6.07, 6.45) is 2.22. The molecular formula is C18H10ClF2N3O4S. The number of nitrogens with zero attached hydrogens (tertiary/aromatic N) is 3. The lowest BCUT2D eigenvalue weighted by Crippen LogP contribution is -2.23. The number of rotatable bonds is 3. The fraction of sp³-hybridized carbons (Fsp3) is 0.0556. The Balaban J connectivity index is 2.07. The molecule has 29 heavy (non-hydrogen) atoms. The summed E-state index contributed by atoms with van der Waals surface area (Å²) in [5, 5.41) is 10.6. The van der Waals surface area contributed by atoms with Gasteiger partial charge in [0.2, 0.25) is 0 Å². The van der Waals surface area contributed by atoms with Crippen LogP contribution in [0.2, 0.25) is 5.02 Å². The van der Waals surface area contributed by atoms with Crippen LogP contribution in [0.5, 0.6) is 5.75 Å². The van der Waals surface area contributed by atoms with E-state index < -0.39 is 44.1 Å². The number of amides is 1. The zero-order chi connectivity index (χ0) is 20.9. The summed E-state index contributed by atoms with van der Waals surface area (Å²) in [6, 6.07) is 6.50. The standard InChI is InChI=1S/C18H10ClF2N3O4S/c19-10-1-2-14-9(3-10)4-15(12-7-22-8-23-18(12)26)24(14)29(27,28)16-6-11(20)5-13(21)17(16)25/h1-8,12,25H. The predicted octanol–water partition coefficient (Wildman–Crippen LogP) is 3.24. The van der Waals surface area contributed by atoms with E-state index in [0.717, 1.165) is 10.3 Å². The van der Waals surface area contributed by atoms with Gasteiger partial charge in [0, 0.05) is 22.7 Å². The number of hydrogen-bond donors (Lipinski definition) is 1.